The van der Waals surface area contributed by atoms with Crippen molar-refractivity contribution in [3.05, 3.63) is 21.9 Å². The summed E-state index contributed by atoms with van der Waals surface area (Å²) in [7, 11) is 0. The van der Waals surface area contributed by atoms with Crippen LogP contribution in [0.3, 0.4) is 0 Å². The molecule has 2 unspecified atom stereocenters. The summed E-state index contributed by atoms with van der Waals surface area (Å²) >= 11 is 1.77. The molecule has 1 N–H and O–H groups in total. The monoisotopic (exact) mass is 263 g/mol. The lowest BCUT2D eigenvalue weighted by Crippen LogP contribution is -2.39. The van der Waals surface area contributed by atoms with Crippen molar-refractivity contribution in [3.8, 4) is 11.8 Å². The van der Waals surface area contributed by atoms with Gasteiger partial charge >= 0.3 is 0 Å². The second-order valence-corrected chi connectivity index (χ2v) is 6.17. The molecule has 2 rings (SSSR count). The molecule has 98 valence electrons. The maximum Gasteiger partial charge on any atom is 0.104 e. The van der Waals surface area contributed by atoms with Crippen LogP contribution in [-0.4, -0.2) is 29.2 Å². The minimum atomic E-state index is -0.0626. The summed E-state index contributed by atoms with van der Waals surface area (Å²) in [5, 5.41) is 10.9. The van der Waals surface area contributed by atoms with Gasteiger partial charge in [-0.1, -0.05) is 18.8 Å². The minimum Gasteiger partial charge on any atom is -0.384 e. The Balaban J connectivity index is 2.03. The number of nitrogens with zero attached hydrogens (tertiary/aromatic N) is 1. The predicted octanol–water partition coefficient (Wildman–Crippen LogP) is 2.71. The molecule has 2 heterocycles. The first-order valence-corrected chi connectivity index (χ1v) is 7.48. The summed E-state index contributed by atoms with van der Waals surface area (Å²) in [6, 6.07) is 2.72. The lowest BCUT2D eigenvalue weighted by Gasteiger charge is -2.36. The Hall–Kier alpha value is -0.820. The van der Waals surface area contributed by atoms with Crippen LogP contribution in [0.4, 0.5) is 0 Å². The summed E-state index contributed by atoms with van der Waals surface area (Å²) < 4.78 is 0. The van der Waals surface area contributed by atoms with Crippen LogP contribution >= 0.6 is 11.3 Å². The lowest BCUT2D eigenvalue weighted by atomic mass is 9.93. The molecular formula is C15H21NOS. The van der Waals surface area contributed by atoms with Crippen LogP contribution < -0.4 is 0 Å². The molecular weight excluding hydrogens is 242 g/mol. The predicted molar refractivity (Wildman–Crippen MR) is 76.6 cm³/mol. The SMILES string of the molecule is CC1CCN(Cc2sccc2C#CCO)C(C)C1. The molecule has 1 aliphatic rings. The smallest absolute Gasteiger partial charge is 0.104 e. The molecule has 1 aliphatic heterocycles. The molecule has 1 aromatic heterocycles. The van der Waals surface area contributed by atoms with Gasteiger partial charge in [-0.3, -0.25) is 4.90 Å². The highest BCUT2D eigenvalue weighted by atomic mass is 32.1. The van der Waals surface area contributed by atoms with E-state index in [1.54, 1.807) is 11.3 Å². The maximum absolute atomic E-state index is 8.77. The summed E-state index contributed by atoms with van der Waals surface area (Å²) in [6.45, 7) is 6.79. The van der Waals surface area contributed by atoms with Gasteiger partial charge in [-0.2, -0.15) is 0 Å². The van der Waals surface area contributed by atoms with Crippen LogP contribution in [0.15, 0.2) is 11.4 Å². The van der Waals surface area contributed by atoms with Crippen LogP contribution in [0, 0.1) is 17.8 Å². The van der Waals surface area contributed by atoms with Crippen molar-refractivity contribution in [2.24, 2.45) is 5.92 Å². The zero-order valence-electron chi connectivity index (χ0n) is 11.1. The average molecular weight is 263 g/mol. The highest BCUT2D eigenvalue weighted by Crippen LogP contribution is 2.26. The Morgan fingerprint density at radius 3 is 3.06 bits per heavy atom. The first-order valence-electron chi connectivity index (χ1n) is 6.61. The molecule has 0 saturated carbocycles. The van der Waals surface area contributed by atoms with Gasteiger partial charge in [0.15, 0.2) is 0 Å². The van der Waals surface area contributed by atoms with E-state index in [0.29, 0.717) is 6.04 Å². The summed E-state index contributed by atoms with van der Waals surface area (Å²) in [6.07, 6.45) is 2.59. The van der Waals surface area contributed by atoms with Gasteiger partial charge in [0, 0.05) is 23.0 Å². The topological polar surface area (TPSA) is 23.5 Å². The highest BCUT2D eigenvalue weighted by molar-refractivity contribution is 7.10. The van der Waals surface area contributed by atoms with E-state index in [-0.39, 0.29) is 6.61 Å². The second kappa shape index (κ2) is 6.38. The molecule has 0 spiro atoms. The molecule has 18 heavy (non-hydrogen) atoms. The van der Waals surface area contributed by atoms with Gasteiger partial charge in [0.1, 0.15) is 6.61 Å². The van der Waals surface area contributed by atoms with Crippen molar-refractivity contribution in [2.75, 3.05) is 13.2 Å². The number of rotatable bonds is 2. The standard InChI is InChI=1S/C15H21NOS/c1-12-5-7-16(13(2)10-12)11-15-14(4-3-8-17)6-9-18-15/h6,9,12-13,17H,5,7-8,10-11H2,1-2H3. The molecule has 0 aliphatic carbocycles. The van der Waals surface area contributed by atoms with Crippen molar-refractivity contribution in [1.29, 1.82) is 0 Å². The van der Waals surface area contributed by atoms with Gasteiger partial charge in [-0.25, -0.2) is 0 Å². The highest BCUT2D eigenvalue weighted by Gasteiger charge is 2.23. The Labute approximate surface area is 114 Å². The fraction of sp³-hybridized carbons (Fsp3) is 0.600. The zero-order chi connectivity index (χ0) is 13.0. The van der Waals surface area contributed by atoms with E-state index < -0.39 is 0 Å². The third-order valence-electron chi connectivity index (χ3n) is 3.67. The normalized spacial score (nSPS) is 24.6. The number of piperidine rings is 1. The van der Waals surface area contributed by atoms with Crippen LogP contribution in [-0.2, 0) is 6.54 Å². The van der Waals surface area contributed by atoms with Crippen LogP contribution in [0.5, 0.6) is 0 Å². The molecule has 2 nitrogen and oxygen atoms in total. The van der Waals surface area contributed by atoms with Crippen LogP contribution in [0.25, 0.3) is 0 Å². The molecule has 0 aromatic carbocycles. The summed E-state index contributed by atoms with van der Waals surface area (Å²) in [4.78, 5) is 3.88. The molecule has 0 amide bonds. The molecule has 1 saturated heterocycles. The van der Waals surface area contributed by atoms with Gasteiger partial charge in [0.25, 0.3) is 0 Å². The third-order valence-corrected chi connectivity index (χ3v) is 4.58. The molecule has 1 fully saturated rings. The molecule has 3 heteroatoms. The van der Waals surface area contributed by atoms with Crippen molar-refractivity contribution >= 4 is 11.3 Å². The van der Waals surface area contributed by atoms with E-state index in [0.717, 1.165) is 18.0 Å². The Bertz CT molecular complexity index is 443. The number of likely N-dealkylation sites (tertiary alicyclic amines) is 1. The second-order valence-electron chi connectivity index (χ2n) is 5.17. The van der Waals surface area contributed by atoms with Crippen molar-refractivity contribution < 1.29 is 5.11 Å². The van der Waals surface area contributed by atoms with E-state index in [2.05, 4.69) is 42.0 Å². The number of hydrogen-bond donors (Lipinski definition) is 1. The minimum absolute atomic E-state index is 0.0626. The number of aliphatic hydroxyl groups excluding tert-OH is 1. The quantitative estimate of drug-likeness (QED) is 0.829. The van der Waals surface area contributed by atoms with E-state index in [1.807, 2.05) is 0 Å². The number of aliphatic hydroxyl groups is 1. The van der Waals surface area contributed by atoms with Gasteiger partial charge in [-0.05, 0) is 43.7 Å². The van der Waals surface area contributed by atoms with Gasteiger partial charge < -0.3 is 5.11 Å². The van der Waals surface area contributed by atoms with Gasteiger partial charge in [-0.15, -0.1) is 11.3 Å². The van der Waals surface area contributed by atoms with Crippen molar-refractivity contribution in [3.63, 3.8) is 0 Å². The van der Waals surface area contributed by atoms with E-state index in [1.165, 1.54) is 24.3 Å². The third kappa shape index (κ3) is 3.35. The molecule has 0 bridgehead atoms. The largest absolute Gasteiger partial charge is 0.384 e. The lowest BCUT2D eigenvalue weighted by molar-refractivity contribution is 0.123. The van der Waals surface area contributed by atoms with Crippen LogP contribution in [0.1, 0.15) is 37.1 Å². The Morgan fingerprint density at radius 2 is 2.33 bits per heavy atom. The van der Waals surface area contributed by atoms with E-state index >= 15 is 0 Å². The summed E-state index contributed by atoms with van der Waals surface area (Å²) in [5.74, 6) is 6.63. The number of hydrogen-bond acceptors (Lipinski definition) is 3. The first-order chi connectivity index (χ1) is 8.70. The van der Waals surface area contributed by atoms with Gasteiger partial charge in [0.2, 0.25) is 0 Å². The van der Waals surface area contributed by atoms with Crippen LogP contribution in [0.2, 0.25) is 0 Å². The van der Waals surface area contributed by atoms with Crippen molar-refractivity contribution in [1.82, 2.24) is 4.90 Å². The van der Waals surface area contributed by atoms with Crippen molar-refractivity contribution in [2.45, 2.75) is 39.3 Å². The fourth-order valence-corrected chi connectivity index (χ4v) is 3.44. The Morgan fingerprint density at radius 1 is 1.50 bits per heavy atom. The fourth-order valence-electron chi connectivity index (χ4n) is 2.58. The first kappa shape index (κ1) is 13.6. The molecule has 2 atom stereocenters. The average Bonchev–Trinajstić information content (AvgIpc) is 2.77. The molecule has 1 aromatic rings. The van der Waals surface area contributed by atoms with E-state index in [9.17, 15) is 0 Å². The maximum atomic E-state index is 8.77. The summed E-state index contributed by atoms with van der Waals surface area (Å²) in [5.41, 5.74) is 1.08. The Kier molecular flexibility index (Phi) is 4.82. The zero-order valence-corrected chi connectivity index (χ0v) is 12.0. The number of thiophene rings is 1. The van der Waals surface area contributed by atoms with E-state index in [4.69, 9.17) is 5.11 Å². The molecule has 0 radical (unpaired) electrons. The van der Waals surface area contributed by atoms with Gasteiger partial charge in [0.05, 0.1) is 0 Å².